The van der Waals surface area contributed by atoms with Gasteiger partial charge in [-0.2, -0.15) is 4.39 Å². The van der Waals surface area contributed by atoms with E-state index in [-0.39, 0.29) is 0 Å². The van der Waals surface area contributed by atoms with Crippen molar-refractivity contribution in [1.82, 2.24) is 4.90 Å². The molecule has 0 amide bonds. The Morgan fingerprint density at radius 3 is 3.08 bits per heavy atom. The van der Waals surface area contributed by atoms with Crippen molar-refractivity contribution in [3.8, 4) is 0 Å². The molecule has 0 radical (unpaired) electrons. The molecular weight excluding hydrogens is 159 g/mol. The molecule has 0 aromatic heterocycles. The molecule has 1 heterocycles. The Bertz CT molecular complexity index is 213. The minimum Gasteiger partial charge on any atom is -0.397 e. The van der Waals surface area contributed by atoms with Crippen molar-refractivity contribution in [2.45, 2.75) is 6.42 Å². The minimum atomic E-state index is -0.510. The number of halogens is 1. The van der Waals surface area contributed by atoms with Gasteiger partial charge in [-0.05, 0) is 13.5 Å². The molecule has 0 saturated carbocycles. The fourth-order valence-electron chi connectivity index (χ4n) is 1.18. The van der Waals surface area contributed by atoms with Crippen LogP contribution >= 0.6 is 0 Å². The van der Waals surface area contributed by atoms with E-state index in [0.29, 0.717) is 12.1 Å². The van der Waals surface area contributed by atoms with Gasteiger partial charge >= 0.3 is 0 Å². The Kier molecular flexibility index (Phi) is 3.22. The Morgan fingerprint density at radius 2 is 2.50 bits per heavy atom. The van der Waals surface area contributed by atoms with Gasteiger partial charge in [-0.15, -0.1) is 0 Å². The monoisotopic (exact) mass is 172 g/mol. The van der Waals surface area contributed by atoms with Gasteiger partial charge in [-0.25, -0.2) is 0 Å². The number of oxime groups is 1. The maximum absolute atomic E-state index is 13.0. The molecule has 4 heteroatoms. The highest BCUT2D eigenvalue weighted by Gasteiger charge is 2.13. The van der Waals surface area contributed by atoms with Crippen LogP contribution in [-0.2, 0) is 4.84 Å². The van der Waals surface area contributed by atoms with Crippen LogP contribution in [0.2, 0.25) is 0 Å². The summed E-state index contributed by atoms with van der Waals surface area (Å²) in [7, 11) is 3.29. The summed E-state index contributed by atoms with van der Waals surface area (Å²) in [5.41, 5.74) is 0.616. The molecule has 0 aliphatic carbocycles. The lowest BCUT2D eigenvalue weighted by Gasteiger charge is -2.20. The van der Waals surface area contributed by atoms with Crippen molar-refractivity contribution >= 4 is 5.97 Å². The van der Waals surface area contributed by atoms with Crippen molar-refractivity contribution in [2.24, 2.45) is 5.16 Å². The van der Waals surface area contributed by atoms with Gasteiger partial charge in [0.15, 0.2) is 0 Å². The minimum absolute atomic E-state index is 0.510. The molecule has 1 rings (SSSR count). The van der Waals surface area contributed by atoms with Crippen molar-refractivity contribution in [3.63, 3.8) is 0 Å². The smallest absolute Gasteiger partial charge is 0.253 e. The molecule has 0 N–H and O–H groups in total. The quantitative estimate of drug-likeness (QED) is 0.461. The summed E-state index contributed by atoms with van der Waals surface area (Å²) < 4.78 is 13.0. The molecule has 0 aromatic carbocycles. The Hall–Kier alpha value is -0.900. The van der Waals surface area contributed by atoms with Crippen molar-refractivity contribution in [1.29, 1.82) is 0 Å². The highest BCUT2D eigenvalue weighted by atomic mass is 19.1. The molecule has 0 atom stereocenters. The largest absolute Gasteiger partial charge is 0.397 e. The van der Waals surface area contributed by atoms with Crippen LogP contribution in [-0.4, -0.2) is 38.1 Å². The van der Waals surface area contributed by atoms with Gasteiger partial charge in [0, 0.05) is 18.7 Å². The number of hydrogen-bond acceptors (Lipinski definition) is 3. The topological polar surface area (TPSA) is 24.8 Å². The van der Waals surface area contributed by atoms with E-state index in [9.17, 15) is 4.39 Å². The first-order valence-corrected chi connectivity index (χ1v) is 3.88. The summed E-state index contributed by atoms with van der Waals surface area (Å²) in [4.78, 5) is 6.39. The second kappa shape index (κ2) is 4.21. The van der Waals surface area contributed by atoms with Gasteiger partial charge < -0.3 is 9.74 Å². The average molecular weight is 172 g/mol. The fraction of sp³-hybridized carbons (Fsp3) is 0.625. The lowest BCUT2D eigenvalue weighted by molar-refractivity contribution is 0.208. The number of likely N-dealkylation sites (N-methyl/N-ethyl adjacent to an activating group) is 1. The van der Waals surface area contributed by atoms with Gasteiger partial charge in [0.25, 0.3) is 5.97 Å². The van der Waals surface area contributed by atoms with E-state index >= 15 is 0 Å². The van der Waals surface area contributed by atoms with Crippen LogP contribution in [0.3, 0.4) is 0 Å². The standard InChI is InChI=1S/C8H13FN2O/c1-11-5-3-4-7(6-11)8(9)10-12-2/h4H,3,5-6H2,1-2H3/b10-8-. The molecule has 0 fully saturated rings. The molecule has 0 unspecified atom stereocenters. The second-order valence-electron chi connectivity index (χ2n) is 2.82. The zero-order valence-corrected chi connectivity index (χ0v) is 7.38. The maximum atomic E-state index is 13.0. The van der Waals surface area contributed by atoms with E-state index in [1.807, 2.05) is 18.0 Å². The summed E-state index contributed by atoms with van der Waals surface area (Å²) in [5.74, 6) is -0.510. The van der Waals surface area contributed by atoms with Crippen molar-refractivity contribution in [3.05, 3.63) is 11.6 Å². The van der Waals surface area contributed by atoms with Gasteiger partial charge in [0.2, 0.25) is 0 Å². The van der Waals surface area contributed by atoms with E-state index in [1.54, 1.807) is 0 Å². The fourth-order valence-corrected chi connectivity index (χ4v) is 1.18. The Labute approximate surface area is 71.5 Å². The molecule has 0 saturated heterocycles. The molecule has 0 bridgehead atoms. The predicted octanol–water partition coefficient (Wildman–Crippen LogP) is 1.18. The van der Waals surface area contributed by atoms with E-state index in [0.717, 1.165) is 13.0 Å². The summed E-state index contributed by atoms with van der Waals surface area (Å²) in [6.45, 7) is 1.59. The molecule has 1 aliphatic rings. The highest BCUT2D eigenvalue weighted by molar-refractivity contribution is 5.92. The first-order chi connectivity index (χ1) is 5.74. The van der Waals surface area contributed by atoms with E-state index < -0.39 is 5.97 Å². The first kappa shape index (κ1) is 9.19. The molecule has 1 aliphatic heterocycles. The van der Waals surface area contributed by atoms with Crippen LogP contribution in [0, 0.1) is 0 Å². The third kappa shape index (κ3) is 2.30. The lowest BCUT2D eigenvalue weighted by atomic mass is 10.1. The number of nitrogens with zero attached hydrogens (tertiary/aromatic N) is 2. The van der Waals surface area contributed by atoms with Gasteiger partial charge in [0.1, 0.15) is 7.11 Å². The number of hydrogen-bond donors (Lipinski definition) is 0. The predicted molar refractivity (Wildman–Crippen MR) is 45.7 cm³/mol. The van der Waals surface area contributed by atoms with Crippen LogP contribution in [0.4, 0.5) is 4.39 Å². The zero-order chi connectivity index (χ0) is 8.97. The van der Waals surface area contributed by atoms with E-state index in [4.69, 9.17) is 0 Å². The van der Waals surface area contributed by atoms with Gasteiger partial charge in [-0.1, -0.05) is 11.2 Å². The molecule has 0 spiro atoms. The second-order valence-corrected chi connectivity index (χ2v) is 2.82. The maximum Gasteiger partial charge on any atom is 0.253 e. The van der Waals surface area contributed by atoms with Crippen LogP contribution in [0.25, 0.3) is 0 Å². The van der Waals surface area contributed by atoms with Crippen LogP contribution in [0.15, 0.2) is 16.8 Å². The van der Waals surface area contributed by atoms with Crippen LogP contribution < -0.4 is 0 Å². The van der Waals surface area contributed by atoms with Gasteiger partial charge in [0.05, 0.1) is 0 Å². The molecule has 68 valence electrons. The van der Waals surface area contributed by atoms with Gasteiger partial charge in [-0.3, -0.25) is 0 Å². The number of rotatable bonds is 2. The normalized spacial score (nSPS) is 20.6. The molecule has 0 aromatic rings. The van der Waals surface area contributed by atoms with Crippen molar-refractivity contribution in [2.75, 3.05) is 27.2 Å². The summed E-state index contributed by atoms with van der Waals surface area (Å²) in [5, 5.41) is 3.24. The van der Waals surface area contributed by atoms with Crippen molar-refractivity contribution < 1.29 is 9.23 Å². The Morgan fingerprint density at radius 1 is 1.75 bits per heavy atom. The summed E-state index contributed by atoms with van der Waals surface area (Å²) in [6.07, 6.45) is 2.73. The zero-order valence-electron chi connectivity index (χ0n) is 7.38. The average Bonchev–Trinajstić information content (AvgIpc) is 2.05. The van der Waals surface area contributed by atoms with Crippen LogP contribution in [0.5, 0.6) is 0 Å². The summed E-state index contributed by atoms with van der Waals surface area (Å²) >= 11 is 0. The Balaban J connectivity index is 2.62. The van der Waals surface area contributed by atoms with E-state index in [1.165, 1.54) is 7.11 Å². The first-order valence-electron chi connectivity index (χ1n) is 3.88. The highest BCUT2D eigenvalue weighted by Crippen LogP contribution is 2.10. The van der Waals surface area contributed by atoms with Crippen LogP contribution in [0.1, 0.15) is 6.42 Å². The lowest BCUT2D eigenvalue weighted by Crippen LogP contribution is -2.27. The third-order valence-electron chi connectivity index (χ3n) is 1.78. The summed E-state index contributed by atoms with van der Waals surface area (Å²) in [6, 6.07) is 0. The molecule has 12 heavy (non-hydrogen) atoms. The SMILES string of the molecule is CO/N=C(\F)C1=CCCN(C)C1. The molecular formula is C8H13FN2O. The third-order valence-corrected chi connectivity index (χ3v) is 1.78. The van der Waals surface area contributed by atoms with E-state index in [2.05, 4.69) is 9.99 Å². The molecule has 3 nitrogen and oxygen atoms in total.